The molecule has 0 aromatic heterocycles. The van der Waals surface area contributed by atoms with Gasteiger partial charge in [-0.1, -0.05) is 28.1 Å². The van der Waals surface area contributed by atoms with Crippen molar-refractivity contribution in [1.82, 2.24) is 0 Å². The van der Waals surface area contributed by atoms with Gasteiger partial charge in [-0.15, -0.1) is 12.4 Å². The Balaban J connectivity index is 0.00000225. The number of hydrogen-bond acceptors (Lipinski definition) is 3. The highest BCUT2D eigenvalue weighted by molar-refractivity contribution is 9.10. The molecule has 3 N–H and O–H groups in total. The number of aliphatic carboxylic acids is 1. The number of carboxylic acids is 1. The smallest absolute Gasteiger partial charge is 0.324 e. The molecule has 0 saturated carbocycles. The predicted octanol–water partition coefficient (Wildman–Crippen LogP) is 2.13. The maximum absolute atomic E-state index is 10.9. The molecule has 16 heavy (non-hydrogen) atoms. The Hall–Kier alpha value is -0.230. The number of thiol groups is 1. The molecule has 3 nitrogen and oxygen atoms in total. The van der Waals surface area contributed by atoms with Crippen LogP contribution in [0.5, 0.6) is 0 Å². The fourth-order valence-electron chi connectivity index (χ4n) is 1.17. The van der Waals surface area contributed by atoms with Crippen LogP contribution in [0, 0.1) is 0 Å². The Morgan fingerprint density at radius 2 is 1.94 bits per heavy atom. The molecule has 0 aliphatic carbocycles. The number of nitrogens with two attached hydrogens (primary N) is 1. The Morgan fingerprint density at radius 3 is 2.31 bits per heavy atom. The second kappa shape index (κ2) is 6.49. The molecule has 0 fully saturated rings. The topological polar surface area (TPSA) is 63.3 Å². The molecule has 0 bridgehead atoms. The molecule has 1 aromatic rings. The van der Waals surface area contributed by atoms with E-state index in [9.17, 15) is 4.79 Å². The molecule has 1 atom stereocenters. The largest absolute Gasteiger partial charge is 0.480 e. The van der Waals surface area contributed by atoms with Crippen molar-refractivity contribution < 1.29 is 9.90 Å². The summed E-state index contributed by atoms with van der Waals surface area (Å²) in [6.45, 7) is 0. The van der Waals surface area contributed by atoms with Crippen molar-refractivity contribution in [1.29, 1.82) is 0 Å². The van der Waals surface area contributed by atoms with Crippen LogP contribution >= 0.6 is 41.0 Å². The van der Waals surface area contributed by atoms with Gasteiger partial charge in [0, 0.05) is 16.6 Å². The Labute approximate surface area is 114 Å². The molecule has 0 aliphatic rings. The minimum atomic E-state index is -1.29. The van der Waals surface area contributed by atoms with Gasteiger partial charge in [0.1, 0.15) is 5.54 Å². The van der Waals surface area contributed by atoms with E-state index in [1.165, 1.54) is 0 Å². The third-order valence-electron chi connectivity index (χ3n) is 2.14. The fourth-order valence-corrected chi connectivity index (χ4v) is 1.68. The van der Waals surface area contributed by atoms with Gasteiger partial charge in [0.25, 0.3) is 0 Å². The highest BCUT2D eigenvalue weighted by Gasteiger charge is 2.32. The number of benzene rings is 1. The Morgan fingerprint density at radius 1 is 1.44 bits per heavy atom. The summed E-state index contributed by atoms with van der Waals surface area (Å²) < 4.78 is 0.954. The van der Waals surface area contributed by atoms with Gasteiger partial charge in [-0.25, -0.2) is 0 Å². The van der Waals surface area contributed by atoms with E-state index in [-0.39, 0.29) is 24.6 Å². The first-order chi connectivity index (χ1) is 6.98. The minimum Gasteiger partial charge on any atom is -0.480 e. The lowest BCUT2D eigenvalue weighted by molar-refractivity contribution is -0.142. The molecule has 90 valence electrons. The summed E-state index contributed by atoms with van der Waals surface area (Å²) in [5, 5.41) is 8.97. The summed E-state index contributed by atoms with van der Waals surface area (Å²) in [4.78, 5) is 10.9. The van der Waals surface area contributed by atoms with Crippen LogP contribution in [0.4, 0.5) is 0 Å². The first kappa shape index (κ1) is 15.8. The van der Waals surface area contributed by atoms with Gasteiger partial charge in [0.15, 0.2) is 0 Å². The van der Waals surface area contributed by atoms with Crippen molar-refractivity contribution >= 4 is 46.9 Å². The van der Waals surface area contributed by atoms with E-state index in [0.717, 1.165) is 10.0 Å². The number of carboxylic acid groups (broad SMARTS) is 1. The van der Waals surface area contributed by atoms with Gasteiger partial charge >= 0.3 is 5.97 Å². The zero-order valence-electron chi connectivity index (χ0n) is 8.39. The molecule has 0 saturated heterocycles. The Kier molecular flexibility index (Phi) is 6.40. The summed E-state index contributed by atoms with van der Waals surface area (Å²) in [5.74, 6) is -0.918. The van der Waals surface area contributed by atoms with Crippen molar-refractivity contribution in [3.63, 3.8) is 0 Å². The summed E-state index contributed by atoms with van der Waals surface area (Å²) >= 11 is 7.28. The first-order valence-electron chi connectivity index (χ1n) is 4.35. The first-order valence-corrected chi connectivity index (χ1v) is 5.78. The minimum absolute atomic E-state index is 0. The third-order valence-corrected chi connectivity index (χ3v) is 3.23. The van der Waals surface area contributed by atoms with Crippen LogP contribution in [-0.2, 0) is 11.2 Å². The summed E-state index contributed by atoms with van der Waals surface area (Å²) in [6, 6.07) is 7.41. The van der Waals surface area contributed by atoms with Gasteiger partial charge in [-0.05, 0) is 17.7 Å². The lowest BCUT2D eigenvalue weighted by atomic mass is 9.94. The molecule has 1 aromatic carbocycles. The van der Waals surface area contributed by atoms with Crippen LogP contribution in [0.1, 0.15) is 5.56 Å². The molecule has 0 aliphatic heterocycles. The molecule has 1 rings (SSSR count). The van der Waals surface area contributed by atoms with Crippen LogP contribution in [0.15, 0.2) is 28.7 Å². The van der Waals surface area contributed by atoms with Gasteiger partial charge < -0.3 is 10.8 Å². The zero-order chi connectivity index (χ0) is 11.5. The SMILES string of the molecule is Cl.N[C@](CS)(Cc1ccc(Br)cc1)C(=O)O. The van der Waals surface area contributed by atoms with Crippen LogP contribution in [0.2, 0.25) is 0 Å². The molecule has 0 spiro atoms. The van der Waals surface area contributed by atoms with Crippen LogP contribution in [0.25, 0.3) is 0 Å². The summed E-state index contributed by atoms with van der Waals surface area (Å²) in [7, 11) is 0. The fraction of sp³-hybridized carbons (Fsp3) is 0.300. The van der Waals surface area contributed by atoms with E-state index in [1.54, 1.807) is 0 Å². The number of halogens is 2. The highest BCUT2D eigenvalue weighted by atomic mass is 79.9. The molecular weight excluding hydrogens is 314 g/mol. The maximum atomic E-state index is 10.9. The van der Waals surface area contributed by atoms with Crippen molar-refractivity contribution in [2.24, 2.45) is 5.73 Å². The Bertz CT molecular complexity index is 360. The normalized spacial score (nSPS) is 13.7. The zero-order valence-corrected chi connectivity index (χ0v) is 11.7. The summed E-state index contributed by atoms with van der Waals surface area (Å²) in [6.07, 6.45) is 0.277. The quantitative estimate of drug-likeness (QED) is 0.743. The van der Waals surface area contributed by atoms with Gasteiger partial charge in [0.2, 0.25) is 0 Å². The van der Waals surface area contributed by atoms with E-state index >= 15 is 0 Å². The van der Waals surface area contributed by atoms with E-state index in [0.29, 0.717) is 0 Å². The molecule has 0 radical (unpaired) electrons. The molecule has 0 heterocycles. The third kappa shape index (κ3) is 3.97. The van der Waals surface area contributed by atoms with E-state index < -0.39 is 11.5 Å². The van der Waals surface area contributed by atoms with Crippen LogP contribution in [-0.4, -0.2) is 22.4 Å². The van der Waals surface area contributed by atoms with E-state index in [2.05, 4.69) is 28.6 Å². The van der Waals surface area contributed by atoms with Crippen LogP contribution < -0.4 is 5.73 Å². The molecular formula is C10H13BrClNO2S. The van der Waals surface area contributed by atoms with Crippen molar-refractivity contribution in [3.8, 4) is 0 Å². The van der Waals surface area contributed by atoms with Crippen LogP contribution in [0.3, 0.4) is 0 Å². The second-order valence-electron chi connectivity index (χ2n) is 3.42. The highest BCUT2D eigenvalue weighted by Crippen LogP contribution is 2.16. The average Bonchev–Trinajstić information content (AvgIpc) is 2.21. The van der Waals surface area contributed by atoms with E-state index in [4.69, 9.17) is 10.8 Å². The van der Waals surface area contributed by atoms with E-state index in [1.807, 2.05) is 24.3 Å². The number of carbonyl (C=O) groups is 1. The van der Waals surface area contributed by atoms with Crippen molar-refractivity contribution in [2.75, 3.05) is 5.75 Å². The molecule has 0 amide bonds. The van der Waals surface area contributed by atoms with Crippen molar-refractivity contribution in [3.05, 3.63) is 34.3 Å². The average molecular weight is 327 g/mol. The van der Waals surface area contributed by atoms with Gasteiger partial charge in [0.05, 0.1) is 0 Å². The lowest BCUT2D eigenvalue weighted by Gasteiger charge is -2.22. The predicted molar refractivity (Wildman–Crippen MR) is 73.5 cm³/mol. The second-order valence-corrected chi connectivity index (χ2v) is 4.65. The standard InChI is InChI=1S/C10H12BrNO2S.ClH/c11-8-3-1-7(2-4-8)5-10(12,6-15)9(13)14;/h1-4,15H,5-6,12H2,(H,13,14);1H/t10-;/m0./s1. The van der Waals surface area contributed by atoms with Crippen molar-refractivity contribution in [2.45, 2.75) is 12.0 Å². The lowest BCUT2D eigenvalue weighted by Crippen LogP contribution is -2.51. The van der Waals surface area contributed by atoms with Gasteiger partial charge in [-0.3, -0.25) is 4.79 Å². The molecule has 0 unspecified atom stereocenters. The summed E-state index contributed by atoms with van der Waals surface area (Å²) in [5.41, 5.74) is 5.31. The van der Waals surface area contributed by atoms with Gasteiger partial charge in [-0.2, -0.15) is 12.6 Å². The monoisotopic (exact) mass is 325 g/mol. The molecule has 6 heteroatoms. The number of rotatable bonds is 4. The number of hydrogen-bond donors (Lipinski definition) is 3. The maximum Gasteiger partial charge on any atom is 0.324 e.